The predicted molar refractivity (Wildman–Crippen MR) is 43.7 cm³/mol. The molecule has 7 nitrogen and oxygen atoms in total. The largest absolute Gasteiger partial charge is 0.336 e. The standard InChI is InChI=1S/C6H11N6O/c1-11(2)6(13)7-3-4-12-5-8-9-10-12/h3-4H2,1-2H3,(H,7,13). The van der Waals surface area contributed by atoms with Gasteiger partial charge in [-0.05, 0) is 10.4 Å². The predicted octanol–water partition coefficient (Wildman–Crippen LogP) is -1.26. The summed E-state index contributed by atoms with van der Waals surface area (Å²) in [5, 5.41) is 13.0. The number of amides is 2. The summed E-state index contributed by atoms with van der Waals surface area (Å²) in [4.78, 5) is 12.5. The SMILES string of the molecule is CN(C)C(=O)NCCn1[c]nnn1. The van der Waals surface area contributed by atoms with E-state index in [-0.39, 0.29) is 6.03 Å². The van der Waals surface area contributed by atoms with Crippen LogP contribution in [0.15, 0.2) is 0 Å². The summed E-state index contributed by atoms with van der Waals surface area (Å²) < 4.78 is 1.43. The van der Waals surface area contributed by atoms with Gasteiger partial charge < -0.3 is 10.2 Å². The van der Waals surface area contributed by atoms with E-state index >= 15 is 0 Å². The summed E-state index contributed by atoms with van der Waals surface area (Å²) in [6.45, 7) is 1.01. The normalized spacial score (nSPS) is 9.69. The molecule has 0 aliphatic heterocycles. The van der Waals surface area contributed by atoms with E-state index in [1.54, 1.807) is 14.1 Å². The molecule has 71 valence electrons. The molecule has 0 aromatic carbocycles. The number of nitrogens with one attached hydrogen (secondary N) is 1. The molecule has 13 heavy (non-hydrogen) atoms. The second-order valence-corrected chi connectivity index (χ2v) is 2.63. The Morgan fingerprint density at radius 1 is 1.62 bits per heavy atom. The summed E-state index contributed by atoms with van der Waals surface area (Å²) in [7, 11) is 3.36. The highest BCUT2D eigenvalue weighted by molar-refractivity contribution is 5.73. The van der Waals surface area contributed by atoms with Gasteiger partial charge in [0.05, 0.1) is 6.54 Å². The Hall–Kier alpha value is -1.66. The van der Waals surface area contributed by atoms with E-state index in [9.17, 15) is 4.79 Å². The van der Waals surface area contributed by atoms with Crippen LogP contribution in [0.4, 0.5) is 4.79 Å². The molecule has 0 saturated carbocycles. The summed E-state index contributed by atoms with van der Waals surface area (Å²) in [5.41, 5.74) is 0. The second-order valence-electron chi connectivity index (χ2n) is 2.63. The first-order valence-corrected chi connectivity index (χ1v) is 3.79. The third kappa shape index (κ3) is 3.06. The first-order valence-electron chi connectivity index (χ1n) is 3.79. The van der Waals surface area contributed by atoms with Gasteiger partial charge >= 0.3 is 6.03 Å². The van der Waals surface area contributed by atoms with E-state index < -0.39 is 0 Å². The summed E-state index contributed by atoms with van der Waals surface area (Å²) >= 11 is 0. The van der Waals surface area contributed by atoms with Gasteiger partial charge in [0, 0.05) is 20.6 Å². The lowest BCUT2D eigenvalue weighted by Crippen LogP contribution is -2.36. The molecule has 1 rings (SSSR count). The van der Waals surface area contributed by atoms with Gasteiger partial charge in [0.1, 0.15) is 0 Å². The maximum atomic E-state index is 11.0. The fourth-order valence-corrected chi connectivity index (χ4v) is 0.681. The zero-order chi connectivity index (χ0) is 9.68. The molecule has 0 fully saturated rings. The molecule has 1 N–H and O–H groups in total. The molecule has 0 unspecified atom stereocenters. The fourth-order valence-electron chi connectivity index (χ4n) is 0.681. The van der Waals surface area contributed by atoms with Crippen LogP contribution < -0.4 is 5.32 Å². The Kier molecular flexibility index (Phi) is 3.18. The van der Waals surface area contributed by atoms with Gasteiger partial charge in [-0.25, -0.2) is 9.48 Å². The second kappa shape index (κ2) is 4.39. The monoisotopic (exact) mass is 183 g/mol. The first-order chi connectivity index (χ1) is 6.20. The molecule has 0 aliphatic rings. The van der Waals surface area contributed by atoms with Gasteiger partial charge in [-0.15, -0.1) is 5.10 Å². The van der Waals surface area contributed by atoms with Crippen molar-refractivity contribution in [3.05, 3.63) is 6.33 Å². The highest BCUT2D eigenvalue weighted by atomic mass is 16.2. The smallest absolute Gasteiger partial charge is 0.316 e. The number of carbonyl (C=O) groups is 1. The molecule has 1 aromatic heterocycles. The minimum atomic E-state index is -0.131. The van der Waals surface area contributed by atoms with Crippen LogP contribution >= 0.6 is 0 Å². The highest BCUT2D eigenvalue weighted by Gasteiger charge is 2.01. The molecular formula is C6H11N6O. The van der Waals surface area contributed by atoms with Crippen molar-refractivity contribution in [1.29, 1.82) is 0 Å². The molecule has 2 amide bonds. The van der Waals surface area contributed by atoms with Crippen LogP contribution in [-0.4, -0.2) is 51.8 Å². The molecule has 1 radical (unpaired) electrons. The van der Waals surface area contributed by atoms with E-state index in [4.69, 9.17) is 0 Å². The Balaban J connectivity index is 2.18. The van der Waals surface area contributed by atoms with Crippen LogP contribution in [0.25, 0.3) is 0 Å². The van der Waals surface area contributed by atoms with Crippen LogP contribution in [0, 0.1) is 6.33 Å². The van der Waals surface area contributed by atoms with Crippen LogP contribution in [-0.2, 0) is 6.54 Å². The van der Waals surface area contributed by atoms with Crippen molar-refractivity contribution in [2.24, 2.45) is 0 Å². The van der Waals surface area contributed by atoms with Gasteiger partial charge in [0.2, 0.25) is 6.33 Å². The van der Waals surface area contributed by atoms with E-state index in [2.05, 4.69) is 27.2 Å². The van der Waals surface area contributed by atoms with E-state index in [0.29, 0.717) is 13.1 Å². The lowest BCUT2D eigenvalue weighted by molar-refractivity contribution is 0.217. The average molecular weight is 183 g/mol. The number of urea groups is 1. The van der Waals surface area contributed by atoms with E-state index in [0.717, 1.165) is 0 Å². The van der Waals surface area contributed by atoms with Gasteiger partial charge in [0.25, 0.3) is 0 Å². The van der Waals surface area contributed by atoms with E-state index in [1.807, 2.05) is 0 Å². The van der Waals surface area contributed by atoms with Crippen molar-refractivity contribution in [3.8, 4) is 0 Å². The number of aromatic nitrogens is 4. The third-order valence-electron chi connectivity index (χ3n) is 1.36. The maximum absolute atomic E-state index is 11.0. The average Bonchev–Trinajstić information content (AvgIpc) is 2.56. The lowest BCUT2D eigenvalue weighted by Gasteiger charge is -2.10. The molecule has 0 bridgehead atoms. The van der Waals surface area contributed by atoms with Crippen LogP contribution in [0.1, 0.15) is 0 Å². The van der Waals surface area contributed by atoms with Gasteiger partial charge in [-0.1, -0.05) is 0 Å². The molecular weight excluding hydrogens is 172 g/mol. The molecule has 7 heteroatoms. The fraction of sp³-hybridized carbons (Fsp3) is 0.667. The lowest BCUT2D eigenvalue weighted by atomic mass is 10.6. The number of rotatable bonds is 3. The number of nitrogens with zero attached hydrogens (tertiary/aromatic N) is 5. The zero-order valence-corrected chi connectivity index (χ0v) is 7.56. The van der Waals surface area contributed by atoms with Gasteiger partial charge in [-0.2, -0.15) is 0 Å². The van der Waals surface area contributed by atoms with Crippen LogP contribution in [0.5, 0.6) is 0 Å². The van der Waals surface area contributed by atoms with Crippen molar-refractivity contribution < 1.29 is 4.79 Å². The van der Waals surface area contributed by atoms with E-state index in [1.165, 1.54) is 9.58 Å². The van der Waals surface area contributed by atoms with Crippen LogP contribution in [0.2, 0.25) is 0 Å². The quantitative estimate of drug-likeness (QED) is 0.635. The Labute approximate surface area is 75.7 Å². The molecule has 1 heterocycles. The van der Waals surface area contributed by atoms with Crippen LogP contribution in [0.3, 0.4) is 0 Å². The summed E-state index contributed by atoms with van der Waals surface area (Å²) in [6, 6.07) is -0.131. The Morgan fingerprint density at radius 2 is 2.38 bits per heavy atom. The van der Waals surface area contributed by atoms with Crippen molar-refractivity contribution >= 4 is 6.03 Å². The van der Waals surface area contributed by atoms with Crippen molar-refractivity contribution in [1.82, 2.24) is 30.4 Å². The highest BCUT2D eigenvalue weighted by Crippen LogP contribution is 1.78. The van der Waals surface area contributed by atoms with Crippen molar-refractivity contribution in [2.45, 2.75) is 6.54 Å². The van der Waals surface area contributed by atoms with Crippen molar-refractivity contribution in [3.63, 3.8) is 0 Å². The number of tetrazole rings is 1. The minimum absolute atomic E-state index is 0.131. The minimum Gasteiger partial charge on any atom is -0.336 e. The summed E-state index contributed by atoms with van der Waals surface area (Å²) in [5.74, 6) is 0. The number of hydrogen-bond acceptors (Lipinski definition) is 4. The van der Waals surface area contributed by atoms with Gasteiger partial charge in [0.15, 0.2) is 0 Å². The number of hydrogen-bond donors (Lipinski definition) is 1. The zero-order valence-electron chi connectivity index (χ0n) is 7.56. The topological polar surface area (TPSA) is 75.9 Å². The molecule has 0 aliphatic carbocycles. The third-order valence-corrected chi connectivity index (χ3v) is 1.36. The molecule has 0 spiro atoms. The Bertz CT molecular complexity index is 256. The molecule has 0 atom stereocenters. The summed E-state index contributed by atoms with van der Waals surface area (Å²) in [6.07, 6.45) is 2.52. The van der Waals surface area contributed by atoms with Gasteiger partial charge in [-0.3, -0.25) is 0 Å². The number of carbonyl (C=O) groups excluding carboxylic acids is 1. The molecule has 0 saturated heterocycles. The van der Waals surface area contributed by atoms with Crippen molar-refractivity contribution in [2.75, 3.05) is 20.6 Å². The molecule has 1 aromatic rings. The maximum Gasteiger partial charge on any atom is 0.316 e. The Morgan fingerprint density at radius 3 is 2.92 bits per heavy atom. The first kappa shape index (κ1) is 9.43.